The van der Waals surface area contributed by atoms with E-state index in [1.807, 2.05) is 0 Å². The van der Waals surface area contributed by atoms with Crippen molar-refractivity contribution in [3.8, 4) is 0 Å². The van der Waals surface area contributed by atoms with Gasteiger partial charge < -0.3 is 0 Å². The van der Waals surface area contributed by atoms with Gasteiger partial charge in [-0.3, -0.25) is 0 Å². The Kier molecular flexibility index (Phi) is 2.20. The molecule has 0 saturated heterocycles. The van der Waals surface area contributed by atoms with Gasteiger partial charge in [-0.15, -0.1) is 11.3 Å². The first-order chi connectivity index (χ1) is 3.72. The van der Waals surface area contributed by atoms with E-state index in [0.717, 1.165) is 3.79 Å². The molecule has 1 aromatic rings. The van der Waals surface area contributed by atoms with Crippen molar-refractivity contribution in [1.82, 2.24) is 0 Å². The van der Waals surface area contributed by atoms with E-state index in [9.17, 15) is 0 Å². The van der Waals surface area contributed by atoms with Crippen LogP contribution in [0.25, 0.3) is 0 Å². The van der Waals surface area contributed by atoms with E-state index in [0.29, 0.717) is 10.0 Å². The third kappa shape index (κ3) is 1.18. The molecule has 1 aromatic heterocycles. The molecule has 0 aliphatic rings. The largest absolute Gasteiger partial charge is 0.124 e. The number of rotatable bonds is 0. The zero-order valence-corrected chi connectivity index (χ0v) is 7.46. The van der Waals surface area contributed by atoms with Gasteiger partial charge in [0.2, 0.25) is 0 Å². The Balaban J connectivity index is 3.19. The molecule has 43 valence electrons. The molecule has 0 saturated carbocycles. The molecule has 0 N–H and O–H groups in total. The standard InChI is InChI=1S/C4BrCl2S/c5-4-3(7)2(6)1-8-4. The van der Waals surface area contributed by atoms with E-state index in [-0.39, 0.29) is 0 Å². The molecule has 1 radical (unpaired) electrons. The van der Waals surface area contributed by atoms with Crippen LogP contribution >= 0.6 is 50.5 Å². The van der Waals surface area contributed by atoms with Crippen LogP contribution in [0.4, 0.5) is 0 Å². The molecule has 0 unspecified atom stereocenters. The Bertz CT molecular complexity index is 176. The topological polar surface area (TPSA) is 0 Å². The fourth-order valence-corrected chi connectivity index (χ4v) is 1.78. The number of halogens is 3. The van der Waals surface area contributed by atoms with Crippen LogP contribution in [0.15, 0.2) is 3.79 Å². The van der Waals surface area contributed by atoms with E-state index >= 15 is 0 Å². The molecule has 0 aliphatic heterocycles. The van der Waals surface area contributed by atoms with Gasteiger partial charge in [0.05, 0.1) is 19.2 Å². The normalized spacial score (nSPS) is 9.88. The molecular weight excluding hydrogens is 231 g/mol. The van der Waals surface area contributed by atoms with Gasteiger partial charge >= 0.3 is 0 Å². The maximum Gasteiger partial charge on any atom is 0.0907 e. The summed E-state index contributed by atoms with van der Waals surface area (Å²) in [6, 6.07) is 0. The molecule has 0 fully saturated rings. The highest BCUT2D eigenvalue weighted by Crippen LogP contribution is 2.34. The summed E-state index contributed by atoms with van der Waals surface area (Å²) in [5.74, 6) is 0. The highest BCUT2D eigenvalue weighted by atomic mass is 79.9. The van der Waals surface area contributed by atoms with Crippen LogP contribution < -0.4 is 0 Å². The van der Waals surface area contributed by atoms with Crippen LogP contribution in [0.1, 0.15) is 0 Å². The molecule has 8 heavy (non-hydrogen) atoms. The minimum absolute atomic E-state index is 0.489. The van der Waals surface area contributed by atoms with E-state index in [2.05, 4.69) is 21.3 Å². The molecule has 0 nitrogen and oxygen atoms in total. The van der Waals surface area contributed by atoms with Crippen molar-refractivity contribution in [2.75, 3.05) is 0 Å². The van der Waals surface area contributed by atoms with Crippen molar-refractivity contribution in [3.05, 3.63) is 19.2 Å². The first-order valence-electron chi connectivity index (χ1n) is 1.73. The summed E-state index contributed by atoms with van der Waals surface area (Å²) in [5, 5.41) is 3.81. The van der Waals surface area contributed by atoms with Crippen molar-refractivity contribution in [2.45, 2.75) is 0 Å². The molecule has 0 spiro atoms. The van der Waals surface area contributed by atoms with Crippen molar-refractivity contribution in [2.24, 2.45) is 0 Å². The van der Waals surface area contributed by atoms with E-state index in [1.165, 1.54) is 11.3 Å². The van der Waals surface area contributed by atoms with Crippen LogP contribution in [0.2, 0.25) is 10.0 Å². The summed E-state index contributed by atoms with van der Waals surface area (Å²) in [4.78, 5) is 0. The second kappa shape index (κ2) is 2.56. The Morgan fingerprint density at radius 1 is 1.50 bits per heavy atom. The van der Waals surface area contributed by atoms with E-state index in [4.69, 9.17) is 23.2 Å². The van der Waals surface area contributed by atoms with Gasteiger partial charge in [-0.05, 0) is 15.9 Å². The van der Waals surface area contributed by atoms with Crippen molar-refractivity contribution in [1.29, 1.82) is 0 Å². The summed E-state index contributed by atoms with van der Waals surface area (Å²) in [5.41, 5.74) is 0. The predicted octanol–water partition coefficient (Wildman–Crippen LogP) is 3.62. The molecular formula is C4BrCl2S. The summed E-state index contributed by atoms with van der Waals surface area (Å²) in [7, 11) is 0. The Labute approximate surface area is 69.5 Å². The lowest BCUT2D eigenvalue weighted by Gasteiger charge is -1.79. The molecule has 1 heterocycles. The van der Waals surface area contributed by atoms with E-state index in [1.54, 1.807) is 0 Å². The molecule has 0 atom stereocenters. The lowest BCUT2D eigenvalue weighted by Crippen LogP contribution is -1.51. The minimum Gasteiger partial charge on any atom is -0.124 e. The first-order valence-corrected chi connectivity index (χ1v) is 4.09. The number of hydrogen-bond acceptors (Lipinski definition) is 1. The van der Waals surface area contributed by atoms with Crippen LogP contribution in [0.5, 0.6) is 0 Å². The van der Waals surface area contributed by atoms with Crippen LogP contribution in [0, 0.1) is 5.38 Å². The van der Waals surface area contributed by atoms with E-state index < -0.39 is 0 Å². The number of hydrogen-bond donors (Lipinski definition) is 0. The molecule has 0 amide bonds. The molecule has 0 bridgehead atoms. The zero-order chi connectivity index (χ0) is 6.15. The van der Waals surface area contributed by atoms with Crippen molar-refractivity contribution >= 4 is 50.5 Å². The van der Waals surface area contributed by atoms with Crippen molar-refractivity contribution < 1.29 is 0 Å². The first kappa shape index (κ1) is 6.87. The van der Waals surface area contributed by atoms with Crippen molar-refractivity contribution in [3.63, 3.8) is 0 Å². The molecule has 1 rings (SSSR count). The second-order valence-corrected chi connectivity index (χ2v) is 4.00. The average molecular weight is 231 g/mol. The van der Waals surface area contributed by atoms with Crippen LogP contribution in [-0.2, 0) is 0 Å². The third-order valence-electron chi connectivity index (χ3n) is 0.596. The average Bonchev–Trinajstić information content (AvgIpc) is 1.98. The summed E-state index contributed by atoms with van der Waals surface area (Å²) < 4.78 is 0.837. The van der Waals surface area contributed by atoms with Crippen LogP contribution in [-0.4, -0.2) is 0 Å². The van der Waals surface area contributed by atoms with Gasteiger partial charge in [0, 0.05) is 0 Å². The Morgan fingerprint density at radius 2 is 2.12 bits per heavy atom. The SMILES string of the molecule is Clc1[c]sc(Br)c1Cl. The lowest BCUT2D eigenvalue weighted by molar-refractivity contribution is 1.93. The van der Waals surface area contributed by atoms with Gasteiger partial charge in [0.1, 0.15) is 0 Å². The zero-order valence-electron chi connectivity index (χ0n) is 3.54. The van der Waals surface area contributed by atoms with Gasteiger partial charge in [0.25, 0.3) is 0 Å². The number of thiophene rings is 1. The summed E-state index contributed by atoms with van der Waals surface area (Å²) in [6.07, 6.45) is 0. The molecule has 0 aromatic carbocycles. The monoisotopic (exact) mass is 229 g/mol. The predicted molar refractivity (Wildman–Crippen MR) is 40.9 cm³/mol. The lowest BCUT2D eigenvalue weighted by atomic mass is 10.7. The Morgan fingerprint density at radius 3 is 2.25 bits per heavy atom. The van der Waals surface area contributed by atoms with Gasteiger partial charge in [0.15, 0.2) is 0 Å². The second-order valence-electron chi connectivity index (χ2n) is 1.11. The fourth-order valence-electron chi connectivity index (χ4n) is 0.265. The third-order valence-corrected chi connectivity index (χ3v) is 3.38. The summed E-state index contributed by atoms with van der Waals surface area (Å²) in [6.45, 7) is 0. The fraction of sp³-hybridized carbons (Fsp3) is 0. The van der Waals surface area contributed by atoms with Gasteiger partial charge in [-0.2, -0.15) is 0 Å². The maximum absolute atomic E-state index is 5.59. The van der Waals surface area contributed by atoms with Gasteiger partial charge in [-0.1, -0.05) is 23.2 Å². The Hall–Kier alpha value is 0.760. The quantitative estimate of drug-likeness (QED) is 0.639. The molecule has 4 heteroatoms. The van der Waals surface area contributed by atoms with Gasteiger partial charge in [-0.25, -0.2) is 0 Å². The highest BCUT2D eigenvalue weighted by Gasteiger charge is 2.03. The minimum atomic E-state index is 0.489. The molecule has 0 aliphatic carbocycles. The van der Waals surface area contributed by atoms with Crippen LogP contribution in [0.3, 0.4) is 0 Å². The smallest absolute Gasteiger partial charge is 0.0907 e. The maximum atomic E-state index is 5.59. The summed E-state index contributed by atoms with van der Waals surface area (Å²) >= 11 is 15.7. The highest BCUT2D eigenvalue weighted by molar-refractivity contribution is 9.11.